The molecule has 0 spiro atoms. The van der Waals surface area contributed by atoms with E-state index >= 15 is 0 Å². The zero-order chi connectivity index (χ0) is 11.5. The highest BCUT2D eigenvalue weighted by Crippen LogP contribution is 2.27. The van der Waals surface area contributed by atoms with E-state index in [4.69, 9.17) is 10.5 Å². The van der Waals surface area contributed by atoms with E-state index in [9.17, 15) is 5.11 Å². The Bertz CT molecular complexity index is 370. The molecule has 0 heterocycles. The van der Waals surface area contributed by atoms with E-state index in [1.807, 2.05) is 18.2 Å². The van der Waals surface area contributed by atoms with Crippen LogP contribution in [0, 0.1) is 0 Å². The van der Waals surface area contributed by atoms with Gasteiger partial charge in [0.1, 0.15) is 11.9 Å². The molecule has 0 radical (unpaired) electrons. The molecule has 3 N–H and O–H groups in total. The van der Waals surface area contributed by atoms with Crippen LogP contribution in [-0.2, 0) is 6.54 Å². The van der Waals surface area contributed by atoms with Gasteiger partial charge >= 0.3 is 0 Å². The summed E-state index contributed by atoms with van der Waals surface area (Å²) in [5.41, 5.74) is 6.64. The lowest BCUT2D eigenvalue weighted by Crippen LogP contribution is -2.25. The molecule has 2 atom stereocenters. The van der Waals surface area contributed by atoms with E-state index in [0.717, 1.165) is 35.0 Å². The number of aliphatic hydroxyl groups is 1. The molecular weight excluding hydrogens is 270 g/mol. The van der Waals surface area contributed by atoms with E-state index in [-0.39, 0.29) is 12.2 Å². The Morgan fingerprint density at radius 2 is 2.25 bits per heavy atom. The molecule has 0 amide bonds. The van der Waals surface area contributed by atoms with Gasteiger partial charge in [-0.15, -0.1) is 0 Å². The Labute approximate surface area is 104 Å². The zero-order valence-electron chi connectivity index (χ0n) is 9.03. The molecule has 16 heavy (non-hydrogen) atoms. The number of halogens is 1. The summed E-state index contributed by atoms with van der Waals surface area (Å²) < 4.78 is 6.75. The number of benzene rings is 1. The fraction of sp³-hybridized carbons (Fsp3) is 0.500. The van der Waals surface area contributed by atoms with E-state index in [1.54, 1.807) is 0 Å². The van der Waals surface area contributed by atoms with Crippen molar-refractivity contribution in [2.75, 3.05) is 0 Å². The second-order valence-electron chi connectivity index (χ2n) is 4.11. The summed E-state index contributed by atoms with van der Waals surface area (Å²) in [6.45, 7) is 0.477. The third kappa shape index (κ3) is 2.56. The largest absolute Gasteiger partial charge is 0.488 e. The van der Waals surface area contributed by atoms with Crippen LogP contribution in [0.25, 0.3) is 0 Å². The van der Waals surface area contributed by atoms with Gasteiger partial charge in [-0.2, -0.15) is 0 Å². The van der Waals surface area contributed by atoms with E-state index < -0.39 is 0 Å². The zero-order valence-corrected chi connectivity index (χ0v) is 10.6. The third-order valence-electron chi connectivity index (χ3n) is 2.94. The van der Waals surface area contributed by atoms with Gasteiger partial charge in [0.15, 0.2) is 0 Å². The fourth-order valence-corrected chi connectivity index (χ4v) is 2.41. The number of nitrogens with two attached hydrogens (primary N) is 1. The van der Waals surface area contributed by atoms with Gasteiger partial charge < -0.3 is 15.6 Å². The molecule has 1 aromatic carbocycles. The molecule has 4 heteroatoms. The minimum Gasteiger partial charge on any atom is -0.488 e. The van der Waals surface area contributed by atoms with Crippen molar-refractivity contribution in [2.45, 2.75) is 38.0 Å². The van der Waals surface area contributed by atoms with Crippen LogP contribution in [0.5, 0.6) is 5.75 Å². The minimum absolute atomic E-state index is 0.0631. The smallest absolute Gasteiger partial charge is 0.124 e. The van der Waals surface area contributed by atoms with Crippen molar-refractivity contribution in [1.82, 2.24) is 0 Å². The third-order valence-corrected chi connectivity index (χ3v) is 3.72. The molecular formula is C12H16BrNO2. The fourth-order valence-electron chi connectivity index (χ4n) is 2.00. The second kappa shape index (κ2) is 5.17. The minimum atomic E-state index is -0.329. The highest BCUT2D eigenvalue weighted by atomic mass is 79.9. The van der Waals surface area contributed by atoms with Crippen LogP contribution >= 0.6 is 15.9 Å². The monoisotopic (exact) mass is 285 g/mol. The molecule has 0 saturated heterocycles. The van der Waals surface area contributed by atoms with Gasteiger partial charge in [0.2, 0.25) is 0 Å². The van der Waals surface area contributed by atoms with Crippen molar-refractivity contribution in [1.29, 1.82) is 0 Å². The maximum Gasteiger partial charge on any atom is 0.124 e. The van der Waals surface area contributed by atoms with E-state index in [2.05, 4.69) is 15.9 Å². The van der Waals surface area contributed by atoms with Crippen molar-refractivity contribution in [3.05, 3.63) is 28.2 Å². The van der Waals surface area contributed by atoms with Crippen molar-refractivity contribution < 1.29 is 9.84 Å². The Morgan fingerprint density at radius 1 is 1.44 bits per heavy atom. The Balaban J connectivity index is 2.09. The Kier molecular flexibility index (Phi) is 3.84. The first-order valence-corrected chi connectivity index (χ1v) is 6.33. The first kappa shape index (κ1) is 11.9. The molecule has 1 fully saturated rings. The Hall–Kier alpha value is -0.580. The van der Waals surface area contributed by atoms with Gasteiger partial charge in [-0.3, -0.25) is 0 Å². The lowest BCUT2D eigenvalue weighted by molar-refractivity contribution is 0.0603. The topological polar surface area (TPSA) is 55.5 Å². The van der Waals surface area contributed by atoms with Gasteiger partial charge in [0, 0.05) is 11.0 Å². The van der Waals surface area contributed by atoms with Crippen LogP contribution in [0.2, 0.25) is 0 Å². The maximum absolute atomic E-state index is 9.67. The SMILES string of the molecule is NCc1cc(OC2CCCC2O)ccc1Br. The van der Waals surface area contributed by atoms with Crippen molar-refractivity contribution in [3.8, 4) is 5.75 Å². The molecule has 1 aliphatic rings. The summed E-state index contributed by atoms with van der Waals surface area (Å²) in [4.78, 5) is 0. The number of hydrogen-bond donors (Lipinski definition) is 2. The van der Waals surface area contributed by atoms with Crippen LogP contribution in [-0.4, -0.2) is 17.3 Å². The summed E-state index contributed by atoms with van der Waals surface area (Å²) in [5.74, 6) is 0.787. The van der Waals surface area contributed by atoms with Gasteiger partial charge in [-0.1, -0.05) is 15.9 Å². The van der Waals surface area contributed by atoms with Gasteiger partial charge in [0.25, 0.3) is 0 Å². The molecule has 2 unspecified atom stereocenters. The first-order valence-electron chi connectivity index (χ1n) is 5.54. The van der Waals surface area contributed by atoms with E-state index in [0.29, 0.717) is 6.54 Å². The van der Waals surface area contributed by atoms with Crippen molar-refractivity contribution in [2.24, 2.45) is 5.73 Å². The van der Waals surface area contributed by atoms with Crippen LogP contribution in [0.4, 0.5) is 0 Å². The van der Waals surface area contributed by atoms with Crippen LogP contribution < -0.4 is 10.5 Å². The molecule has 0 aliphatic heterocycles. The molecule has 1 saturated carbocycles. The molecule has 0 aromatic heterocycles. The highest BCUT2D eigenvalue weighted by Gasteiger charge is 2.26. The quantitative estimate of drug-likeness (QED) is 0.895. The molecule has 2 rings (SSSR count). The number of ether oxygens (including phenoxy) is 1. The molecule has 0 bridgehead atoms. The maximum atomic E-state index is 9.67. The van der Waals surface area contributed by atoms with Crippen molar-refractivity contribution >= 4 is 15.9 Å². The summed E-state index contributed by atoms with van der Waals surface area (Å²) in [5, 5.41) is 9.67. The van der Waals surface area contributed by atoms with Crippen molar-refractivity contribution in [3.63, 3.8) is 0 Å². The predicted octanol–water partition coefficient (Wildman–Crippen LogP) is 2.20. The normalized spacial score (nSPS) is 24.7. The second-order valence-corrected chi connectivity index (χ2v) is 4.97. The molecule has 88 valence electrons. The van der Waals surface area contributed by atoms with Crippen LogP contribution in [0.15, 0.2) is 22.7 Å². The molecule has 1 aliphatic carbocycles. The number of hydrogen-bond acceptors (Lipinski definition) is 3. The molecule has 1 aromatic rings. The highest BCUT2D eigenvalue weighted by molar-refractivity contribution is 9.10. The van der Waals surface area contributed by atoms with Gasteiger partial charge in [-0.25, -0.2) is 0 Å². The summed E-state index contributed by atoms with van der Waals surface area (Å²) in [6.07, 6.45) is 2.41. The van der Waals surface area contributed by atoms with Gasteiger partial charge in [0.05, 0.1) is 6.10 Å². The average molecular weight is 286 g/mol. The van der Waals surface area contributed by atoms with Gasteiger partial charge in [-0.05, 0) is 43.0 Å². The summed E-state index contributed by atoms with van der Waals surface area (Å²) >= 11 is 3.43. The predicted molar refractivity (Wildman–Crippen MR) is 66.3 cm³/mol. The number of aliphatic hydroxyl groups excluding tert-OH is 1. The standard InChI is InChI=1S/C12H16BrNO2/c13-10-5-4-9(6-8(10)7-14)16-12-3-1-2-11(12)15/h4-6,11-12,15H,1-3,7,14H2. The number of rotatable bonds is 3. The average Bonchev–Trinajstić information content (AvgIpc) is 2.67. The first-order chi connectivity index (χ1) is 7.70. The summed E-state index contributed by atoms with van der Waals surface area (Å²) in [7, 11) is 0. The lowest BCUT2D eigenvalue weighted by Gasteiger charge is -2.17. The van der Waals surface area contributed by atoms with Crippen LogP contribution in [0.3, 0.4) is 0 Å². The lowest BCUT2D eigenvalue weighted by atomic mass is 10.2. The van der Waals surface area contributed by atoms with E-state index in [1.165, 1.54) is 0 Å². The van der Waals surface area contributed by atoms with Crippen LogP contribution in [0.1, 0.15) is 24.8 Å². The summed E-state index contributed by atoms with van der Waals surface area (Å²) in [6, 6.07) is 5.75. The molecule has 3 nitrogen and oxygen atoms in total. The Morgan fingerprint density at radius 3 is 2.88 bits per heavy atom.